The highest BCUT2D eigenvalue weighted by Crippen LogP contribution is 2.52. The van der Waals surface area contributed by atoms with E-state index in [2.05, 4.69) is 17.1 Å². The number of hydrogen-bond acceptors (Lipinski definition) is 8. The molecule has 0 aromatic heterocycles. The summed E-state index contributed by atoms with van der Waals surface area (Å²) in [7, 11) is 2.74. The summed E-state index contributed by atoms with van der Waals surface area (Å²) in [6.45, 7) is 15.9. The van der Waals surface area contributed by atoms with Crippen LogP contribution >= 0.6 is 30.2 Å². The predicted octanol–water partition coefficient (Wildman–Crippen LogP) is 8.65. The molecule has 0 saturated heterocycles. The summed E-state index contributed by atoms with van der Waals surface area (Å²) in [6.07, 6.45) is 9.63. The third kappa shape index (κ3) is 12.0. The van der Waals surface area contributed by atoms with E-state index in [9.17, 15) is 9.59 Å². The number of carbonyl (C=O) groups excluding carboxylic acids is 2. The fourth-order valence-corrected chi connectivity index (χ4v) is 7.47. The standard InChI is InChI=1S/C15H19NO2S.C15H17NO2.C4H11O2PS2/c1-9-6-11(7-10-4-3-5-10)13(14(16)19)8-12(9)15(17)18-2;1-10-7-12(8-11-5-4-6-11)14(16-2)9-13(10)15(17)18-3;1-3-5-7(8,9)6-4-2/h6,8,10H,3-5,7H2,1-2H3,(H2,16,19);7,9,11H,4-6,8H2,1,3H3;3-4H2,1-2H3,(H,8,9). The molecule has 46 heavy (non-hydrogen) atoms. The number of ether oxygens (including phenoxy) is 2. The van der Waals surface area contributed by atoms with Gasteiger partial charge in [-0.25, -0.2) is 14.4 Å². The van der Waals surface area contributed by atoms with Crippen LogP contribution in [-0.2, 0) is 43.2 Å². The van der Waals surface area contributed by atoms with Crippen molar-refractivity contribution in [2.45, 2.75) is 79.1 Å². The van der Waals surface area contributed by atoms with E-state index in [1.165, 1.54) is 52.7 Å². The fourth-order valence-electron chi connectivity index (χ4n) is 5.23. The first-order valence-electron chi connectivity index (χ1n) is 15.5. The Morgan fingerprint density at radius 2 is 1.30 bits per heavy atom. The second-order valence-corrected chi connectivity index (χ2v) is 17.1. The number of nitrogens with two attached hydrogens (primary N) is 1. The van der Waals surface area contributed by atoms with Crippen molar-refractivity contribution in [1.29, 1.82) is 0 Å². The van der Waals surface area contributed by atoms with Gasteiger partial charge in [0.2, 0.25) is 5.69 Å². The lowest BCUT2D eigenvalue weighted by Gasteiger charge is -2.26. The highest BCUT2D eigenvalue weighted by atomic mass is 32.9. The first kappa shape index (κ1) is 39.9. The molecule has 2 fully saturated rings. The van der Waals surface area contributed by atoms with Gasteiger partial charge < -0.3 is 24.3 Å². The number of hydrogen-bond donors (Lipinski definition) is 2. The lowest BCUT2D eigenvalue weighted by molar-refractivity contribution is 0.0591. The number of carbonyl (C=O) groups is 2. The summed E-state index contributed by atoms with van der Waals surface area (Å²) in [6, 6.07) is 7.44. The Morgan fingerprint density at radius 3 is 1.67 bits per heavy atom. The molecule has 0 atom stereocenters. The first-order valence-corrected chi connectivity index (χ1v) is 19.7. The fraction of sp³-hybridized carbons (Fsp3) is 0.529. The minimum atomic E-state index is -2.16. The summed E-state index contributed by atoms with van der Waals surface area (Å²) in [5.74, 6) is 0.739. The van der Waals surface area contributed by atoms with Crippen LogP contribution in [0.15, 0.2) is 24.3 Å². The molecule has 2 aliphatic carbocycles. The maximum atomic E-state index is 11.7. The van der Waals surface area contributed by atoms with Crippen LogP contribution < -0.4 is 5.73 Å². The monoisotopic (exact) mass is 706 g/mol. The molecule has 12 heteroatoms. The lowest BCUT2D eigenvalue weighted by Crippen LogP contribution is -2.19. The van der Waals surface area contributed by atoms with Gasteiger partial charge in [-0.15, -0.1) is 0 Å². The minimum absolute atomic E-state index is 0.342. The van der Waals surface area contributed by atoms with E-state index < -0.39 is 5.69 Å². The summed E-state index contributed by atoms with van der Waals surface area (Å²) in [5, 5.41) is 0. The zero-order valence-corrected chi connectivity index (χ0v) is 31.1. The van der Waals surface area contributed by atoms with E-state index in [0.717, 1.165) is 46.6 Å². The van der Waals surface area contributed by atoms with Crippen molar-refractivity contribution in [3.63, 3.8) is 0 Å². The van der Waals surface area contributed by atoms with Crippen molar-refractivity contribution in [2.24, 2.45) is 17.6 Å². The normalized spacial score (nSPS) is 14.2. The predicted molar refractivity (Wildman–Crippen MR) is 196 cm³/mol. The Kier molecular flexibility index (Phi) is 16.9. The number of thiocarbonyl (C=S) groups is 1. The lowest BCUT2D eigenvalue weighted by atomic mass is 9.79. The van der Waals surface area contributed by atoms with Gasteiger partial charge in [0.25, 0.3) is 0 Å². The van der Waals surface area contributed by atoms with Gasteiger partial charge in [-0.05, 0) is 98.6 Å². The van der Waals surface area contributed by atoms with E-state index in [1.54, 1.807) is 12.1 Å². The summed E-state index contributed by atoms with van der Waals surface area (Å²) in [5.41, 5.74) is 10.1. The molecule has 0 aliphatic heterocycles. The number of esters is 2. The molecule has 0 unspecified atom stereocenters. The van der Waals surface area contributed by atoms with Crippen LogP contribution in [0.2, 0.25) is 0 Å². The Bertz CT molecular complexity index is 1460. The van der Waals surface area contributed by atoms with Crippen LogP contribution in [0.3, 0.4) is 0 Å². The van der Waals surface area contributed by atoms with Crippen molar-refractivity contribution in [3.8, 4) is 0 Å². The smallest absolute Gasteiger partial charge is 0.338 e. The van der Waals surface area contributed by atoms with E-state index in [0.29, 0.717) is 40.9 Å². The molecule has 0 spiro atoms. The van der Waals surface area contributed by atoms with E-state index >= 15 is 0 Å². The third-order valence-corrected chi connectivity index (χ3v) is 10.8. The Balaban J connectivity index is 0.000000256. The molecule has 2 aromatic carbocycles. The highest BCUT2D eigenvalue weighted by Gasteiger charge is 2.23. The molecule has 0 amide bonds. The number of thiol groups is 1. The maximum absolute atomic E-state index is 11.7. The maximum Gasteiger partial charge on any atom is 0.338 e. The first-order chi connectivity index (χ1) is 21.8. The Hall–Kier alpha value is -2.32. The number of rotatable bonds is 11. The second kappa shape index (κ2) is 19.5. The van der Waals surface area contributed by atoms with Crippen LogP contribution in [0.25, 0.3) is 4.85 Å². The van der Waals surface area contributed by atoms with Gasteiger partial charge >= 0.3 is 11.9 Å². The molecule has 252 valence electrons. The number of benzene rings is 2. The highest BCUT2D eigenvalue weighted by molar-refractivity contribution is 8.60. The third-order valence-electron chi connectivity index (χ3n) is 8.12. The van der Waals surface area contributed by atoms with Gasteiger partial charge in [-0.2, -0.15) is 0 Å². The minimum Gasteiger partial charge on any atom is -0.465 e. The van der Waals surface area contributed by atoms with Crippen LogP contribution in [0, 0.1) is 32.3 Å². The topological polar surface area (TPSA) is 101 Å². The average molecular weight is 707 g/mol. The summed E-state index contributed by atoms with van der Waals surface area (Å²) in [4.78, 5) is 27.2. The van der Waals surface area contributed by atoms with Crippen molar-refractivity contribution >= 4 is 64.6 Å². The van der Waals surface area contributed by atoms with Crippen molar-refractivity contribution in [3.05, 3.63) is 74.6 Å². The second-order valence-electron chi connectivity index (χ2n) is 11.4. The van der Waals surface area contributed by atoms with Gasteiger partial charge in [-0.1, -0.05) is 75.1 Å². The van der Waals surface area contributed by atoms with Gasteiger partial charge in [0.05, 0.1) is 45.1 Å². The Labute approximate surface area is 290 Å². The van der Waals surface area contributed by atoms with Crippen molar-refractivity contribution in [2.75, 3.05) is 27.4 Å². The zero-order valence-electron chi connectivity index (χ0n) is 27.7. The molecule has 2 aromatic rings. The van der Waals surface area contributed by atoms with Gasteiger partial charge in [0.15, 0.2) is 5.69 Å². The Morgan fingerprint density at radius 1 is 0.870 bits per heavy atom. The zero-order chi connectivity index (χ0) is 34.4. The van der Waals surface area contributed by atoms with E-state index in [-0.39, 0.29) is 11.9 Å². The summed E-state index contributed by atoms with van der Waals surface area (Å²) < 4.78 is 19.6. The SMILES string of the molecule is CCOP(=S)(S)OCC.COC(=O)c1cc(C(N)=S)c(CC2CCC2)cc1C.[C-]#[N+]c1cc(C(=O)OC)c(C)cc1CC1CCC1. The van der Waals surface area contributed by atoms with Crippen LogP contribution in [0.4, 0.5) is 5.69 Å². The van der Waals surface area contributed by atoms with Crippen molar-refractivity contribution < 1.29 is 28.1 Å². The molecular formula is C34H47N2O6PS3. The molecule has 2 aliphatic rings. The van der Waals surface area contributed by atoms with E-state index in [1.807, 2.05) is 39.8 Å². The molecule has 2 N–H and O–H groups in total. The summed E-state index contributed by atoms with van der Waals surface area (Å²) >= 11 is 14.0. The van der Waals surface area contributed by atoms with E-state index in [4.69, 9.17) is 54.9 Å². The van der Waals surface area contributed by atoms with Crippen LogP contribution in [-0.4, -0.2) is 44.4 Å². The van der Waals surface area contributed by atoms with Gasteiger partial charge in [0.1, 0.15) is 4.99 Å². The number of nitrogens with zero attached hydrogens (tertiary/aromatic N) is 1. The molecule has 0 heterocycles. The average Bonchev–Trinajstić information content (AvgIpc) is 2.96. The molecule has 8 nitrogen and oxygen atoms in total. The quantitative estimate of drug-likeness (QED) is 0.0782. The molecule has 2 saturated carbocycles. The molecule has 0 radical (unpaired) electrons. The molecule has 0 bridgehead atoms. The molecular weight excluding hydrogens is 660 g/mol. The largest absolute Gasteiger partial charge is 0.465 e. The number of aryl methyl sites for hydroxylation is 2. The van der Waals surface area contributed by atoms with Gasteiger partial charge in [0, 0.05) is 5.56 Å². The van der Waals surface area contributed by atoms with Gasteiger partial charge in [-0.3, -0.25) is 0 Å². The number of methoxy groups -OCH3 is 2. The van der Waals surface area contributed by atoms with Crippen LogP contribution in [0.5, 0.6) is 0 Å². The molecule has 4 rings (SSSR count). The van der Waals surface area contributed by atoms with Crippen molar-refractivity contribution in [1.82, 2.24) is 0 Å². The van der Waals surface area contributed by atoms with Crippen LogP contribution in [0.1, 0.15) is 101 Å².